The second-order valence-corrected chi connectivity index (χ2v) is 3.71. The third-order valence-electron chi connectivity index (χ3n) is 2.42. The number of nitrogens with zero attached hydrogens (tertiary/aromatic N) is 3. The largest absolute Gasteiger partial charge is 0.456 e. The predicted octanol–water partition coefficient (Wildman–Crippen LogP) is 1.23. The molecule has 0 aliphatic rings. The van der Waals surface area contributed by atoms with Crippen molar-refractivity contribution >= 4 is 5.91 Å². The average Bonchev–Trinajstić information content (AvgIpc) is 2.98. The van der Waals surface area contributed by atoms with Gasteiger partial charge in [0.05, 0.1) is 6.54 Å². The maximum absolute atomic E-state index is 12.0. The number of aromatic nitrogens is 3. The monoisotopic (exact) mass is 234 g/mol. The van der Waals surface area contributed by atoms with Crippen molar-refractivity contribution in [1.29, 1.82) is 0 Å². The van der Waals surface area contributed by atoms with Gasteiger partial charge in [-0.15, -0.1) is 0 Å². The molecular formula is C11H14N4O2. The van der Waals surface area contributed by atoms with E-state index in [0.29, 0.717) is 18.1 Å². The van der Waals surface area contributed by atoms with E-state index in [9.17, 15) is 4.79 Å². The zero-order valence-corrected chi connectivity index (χ0v) is 9.80. The quantitative estimate of drug-likeness (QED) is 0.863. The number of aromatic amines is 1. The first-order valence-corrected chi connectivity index (χ1v) is 5.39. The van der Waals surface area contributed by atoms with Gasteiger partial charge in [-0.2, -0.15) is 5.10 Å². The number of amides is 1. The Hall–Kier alpha value is -2.11. The van der Waals surface area contributed by atoms with Gasteiger partial charge in [0.25, 0.3) is 5.91 Å². The minimum atomic E-state index is -0.166. The summed E-state index contributed by atoms with van der Waals surface area (Å²) in [5.74, 6) is 1.63. The van der Waals surface area contributed by atoms with E-state index >= 15 is 0 Å². The molecule has 0 spiro atoms. The molecule has 17 heavy (non-hydrogen) atoms. The molecule has 0 fully saturated rings. The number of furan rings is 1. The number of hydrogen-bond acceptors (Lipinski definition) is 4. The molecule has 0 aromatic carbocycles. The Kier molecular flexibility index (Phi) is 3.22. The molecule has 0 bridgehead atoms. The molecule has 0 saturated heterocycles. The molecule has 90 valence electrons. The van der Waals surface area contributed by atoms with Crippen LogP contribution < -0.4 is 0 Å². The summed E-state index contributed by atoms with van der Waals surface area (Å²) in [5.41, 5.74) is 0. The predicted molar refractivity (Wildman–Crippen MR) is 60.3 cm³/mol. The highest BCUT2D eigenvalue weighted by Crippen LogP contribution is 2.11. The number of H-pyrrole nitrogens is 1. The fraction of sp³-hybridized carbons (Fsp3) is 0.364. The van der Waals surface area contributed by atoms with Crippen molar-refractivity contribution in [3.05, 3.63) is 35.8 Å². The van der Waals surface area contributed by atoms with Crippen LogP contribution in [0.15, 0.2) is 22.9 Å². The van der Waals surface area contributed by atoms with E-state index in [1.807, 2.05) is 13.0 Å². The number of nitrogens with one attached hydrogen (secondary N) is 1. The van der Waals surface area contributed by atoms with Crippen LogP contribution in [-0.4, -0.2) is 33.0 Å². The standard InChI is InChI=1S/C11H14N4O2/c1-3-8-4-5-9(17-8)11(16)15(2)6-10-12-7-13-14-10/h4-5,7H,3,6H2,1-2H3,(H,12,13,14). The average molecular weight is 234 g/mol. The molecule has 6 nitrogen and oxygen atoms in total. The number of carbonyl (C=O) groups is 1. The zero-order chi connectivity index (χ0) is 12.3. The van der Waals surface area contributed by atoms with Gasteiger partial charge in [0, 0.05) is 13.5 Å². The number of carbonyl (C=O) groups excluding carboxylic acids is 1. The highest BCUT2D eigenvalue weighted by molar-refractivity contribution is 5.91. The molecule has 1 N–H and O–H groups in total. The molecule has 2 aromatic rings. The smallest absolute Gasteiger partial charge is 0.289 e. The molecule has 2 aromatic heterocycles. The SMILES string of the molecule is CCc1ccc(C(=O)N(C)Cc2ncn[nH]2)o1. The molecule has 0 aliphatic heterocycles. The van der Waals surface area contributed by atoms with Crippen LogP contribution in [0.25, 0.3) is 0 Å². The Morgan fingerprint density at radius 2 is 2.35 bits per heavy atom. The molecule has 0 radical (unpaired) electrons. The summed E-state index contributed by atoms with van der Waals surface area (Å²) >= 11 is 0. The van der Waals surface area contributed by atoms with E-state index in [-0.39, 0.29) is 5.91 Å². The van der Waals surface area contributed by atoms with E-state index in [0.717, 1.165) is 12.2 Å². The molecule has 2 heterocycles. The van der Waals surface area contributed by atoms with Gasteiger partial charge >= 0.3 is 0 Å². The third kappa shape index (κ3) is 2.52. The summed E-state index contributed by atoms with van der Waals surface area (Å²) in [6, 6.07) is 3.51. The Labute approximate surface area is 98.6 Å². The summed E-state index contributed by atoms with van der Waals surface area (Å²) in [5, 5.41) is 6.43. The van der Waals surface area contributed by atoms with E-state index in [1.54, 1.807) is 13.1 Å². The van der Waals surface area contributed by atoms with Gasteiger partial charge in [-0.25, -0.2) is 4.98 Å². The summed E-state index contributed by atoms with van der Waals surface area (Å²) < 4.78 is 5.40. The lowest BCUT2D eigenvalue weighted by atomic mass is 10.3. The molecule has 0 aliphatic carbocycles. The van der Waals surface area contributed by atoms with Crippen LogP contribution in [0.1, 0.15) is 29.1 Å². The maximum atomic E-state index is 12.0. The van der Waals surface area contributed by atoms with Crippen LogP contribution in [-0.2, 0) is 13.0 Å². The second kappa shape index (κ2) is 4.82. The van der Waals surface area contributed by atoms with Crippen molar-refractivity contribution in [2.75, 3.05) is 7.05 Å². The molecule has 2 rings (SSSR count). The maximum Gasteiger partial charge on any atom is 0.289 e. The van der Waals surface area contributed by atoms with Gasteiger partial charge in [0.15, 0.2) is 5.76 Å². The fourth-order valence-corrected chi connectivity index (χ4v) is 1.47. The van der Waals surface area contributed by atoms with Crippen molar-refractivity contribution in [3.63, 3.8) is 0 Å². The Bertz CT molecular complexity index is 489. The van der Waals surface area contributed by atoms with Crippen molar-refractivity contribution < 1.29 is 9.21 Å². The van der Waals surface area contributed by atoms with Crippen molar-refractivity contribution in [3.8, 4) is 0 Å². The lowest BCUT2D eigenvalue weighted by Gasteiger charge is -2.13. The van der Waals surface area contributed by atoms with Gasteiger partial charge in [0.2, 0.25) is 0 Å². The molecule has 1 amide bonds. The van der Waals surface area contributed by atoms with E-state index in [2.05, 4.69) is 15.2 Å². The first-order chi connectivity index (χ1) is 8.20. The van der Waals surface area contributed by atoms with E-state index < -0.39 is 0 Å². The molecular weight excluding hydrogens is 220 g/mol. The van der Waals surface area contributed by atoms with Crippen LogP contribution in [0.2, 0.25) is 0 Å². The fourth-order valence-electron chi connectivity index (χ4n) is 1.47. The highest BCUT2D eigenvalue weighted by atomic mass is 16.4. The van der Waals surface area contributed by atoms with Crippen LogP contribution in [0.4, 0.5) is 0 Å². The second-order valence-electron chi connectivity index (χ2n) is 3.71. The highest BCUT2D eigenvalue weighted by Gasteiger charge is 2.16. The Morgan fingerprint density at radius 3 is 2.94 bits per heavy atom. The summed E-state index contributed by atoms with van der Waals surface area (Å²) in [6.07, 6.45) is 2.19. The van der Waals surface area contributed by atoms with Gasteiger partial charge < -0.3 is 9.32 Å². The molecule has 6 heteroatoms. The lowest BCUT2D eigenvalue weighted by Crippen LogP contribution is -2.26. The van der Waals surface area contributed by atoms with Crippen molar-refractivity contribution in [2.24, 2.45) is 0 Å². The topological polar surface area (TPSA) is 75.0 Å². The number of hydrogen-bond donors (Lipinski definition) is 1. The van der Waals surface area contributed by atoms with E-state index in [4.69, 9.17) is 4.42 Å². The van der Waals surface area contributed by atoms with Crippen LogP contribution in [0.5, 0.6) is 0 Å². The van der Waals surface area contributed by atoms with Crippen molar-refractivity contribution in [1.82, 2.24) is 20.1 Å². The first kappa shape index (κ1) is 11.4. The summed E-state index contributed by atoms with van der Waals surface area (Å²) in [7, 11) is 1.69. The normalized spacial score (nSPS) is 10.5. The first-order valence-electron chi connectivity index (χ1n) is 5.39. The van der Waals surface area contributed by atoms with Gasteiger partial charge in [-0.1, -0.05) is 6.92 Å². The third-order valence-corrected chi connectivity index (χ3v) is 2.42. The van der Waals surface area contributed by atoms with Crippen molar-refractivity contribution in [2.45, 2.75) is 19.9 Å². The van der Waals surface area contributed by atoms with Crippen LogP contribution in [0.3, 0.4) is 0 Å². The molecule has 0 saturated carbocycles. The Morgan fingerprint density at radius 1 is 1.53 bits per heavy atom. The number of aryl methyl sites for hydroxylation is 1. The lowest BCUT2D eigenvalue weighted by molar-refractivity contribution is 0.0748. The van der Waals surface area contributed by atoms with E-state index in [1.165, 1.54) is 11.2 Å². The summed E-state index contributed by atoms with van der Waals surface area (Å²) in [4.78, 5) is 17.5. The Balaban J connectivity index is 2.04. The molecule has 0 unspecified atom stereocenters. The minimum Gasteiger partial charge on any atom is -0.456 e. The zero-order valence-electron chi connectivity index (χ0n) is 9.80. The van der Waals surface area contributed by atoms with Gasteiger partial charge in [-0.05, 0) is 12.1 Å². The minimum absolute atomic E-state index is 0.166. The van der Waals surface area contributed by atoms with Crippen LogP contribution in [0, 0.1) is 0 Å². The van der Waals surface area contributed by atoms with Gasteiger partial charge in [0.1, 0.15) is 17.9 Å². The van der Waals surface area contributed by atoms with Crippen LogP contribution >= 0.6 is 0 Å². The number of rotatable bonds is 4. The van der Waals surface area contributed by atoms with Gasteiger partial charge in [-0.3, -0.25) is 9.89 Å². The summed E-state index contributed by atoms with van der Waals surface area (Å²) in [6.45, 7) is 2.35. The molecule has 0 atom stereocenters.